The number of alkyl carbamates (subject to hydrolysis) is 1. The van der Waals surface area contributed by atoms with Gasteiger partial charge < -0.3 is 15.4 Å². The quantitative estimate of drug-likeness (QED) is 0.818. The van der Waals surface area contributed by atoms with E-state index < -0.39 is 11.7 Å². The van der Waals surface area contributed by atoms with Gasteiger partial charge in [0.15, 0.2) is 0 Å². The van der Waals surface area contributed by atoms with Gasteiger partial charge in [-0.2, -0.15) is 0 Å². The van der Waals surface area contributed by atoms with Gasteiger partial charge in [0.05, 0.1) is 5.69 Å². The lowest BCUT2D eigenvalue weighted by molar-refractivity contribution is 0.0530. The molecule has 0 aliphatic rings. The second-order valence-corrected chi connectivity index (χ2v) is 6.11. The predicted molar refractivity (Wildman–Crippen MR) is 86.6 cm³/mol. The van der Waals surface area contributed by atoms with E-state index in [9.17, 15) is 4.79 Å². The van der Waals surface area contributed by atoms with Crippen LogP contribution < -0.4 is 10.6 Å². The van der Waals surface area contributed by atoms with Gasteiger partial charge in [0, 0.05) is 18.8 Å². The Labute approximate surface area is 135 Å². The summed E-state index contributed by atoms with van der Waals surface area (Å²) >= 11 is 0. The Morgan fingerprint density at radius 3 is 2.74 bits per heavy atom. The minimum atomic E-state index is -0.491. The zero-order valence-electron chi connectivity index (χ0n) is 13.8. The molecule has 2 N–H and O–H groups in total. The fraction of sp³-hybridized carbons (Fsp3) is 0.467. The summed E-state index contributed by atoms with van der Waals surface area (Å²) in [5, 5.41) is 17.1. The Balaban J connectivity index is 1.85. The molecule has 0 fully saturated rings. The Hall–Kier alpha value is -2.64. The molecule has 8 heteroatoms. The number of tetrazole rings is 1. The summed E-state index contributed by atoms with van der Waals surface area (Å²) in [7, 11) is 0. The summed E-state index contributed by atoms with van der Waals surface area (Å²) in [6.07, 6.45) is 1.13. The van der Waals surface area contributed by atoms with E-state index in [4.69, 9.17) is 4.74 Å². The summed E-state index contributed by atoms with van der Waals surface area (Å²) in [5.41, 5.74) is 2.40. The van der Waals surface area contributed by atoms with Gasteiger partial charge in [0.1, 0.15) is 11.9 Å². The highest BCUT2D eigenvalue weighted by Gasteiger charge is 2.15. The topological polar surface area (TPSA) is 94.0 Å². The molecule has 0 aliphatic carbocycles. The van der Waals surface area contributed by atoms with Crippen LogP contribution in [-0.4, -0.2) is 45.0 Å². The van der Waals surface area contributed by atoms with Gasteiger partial charge in [-0.05, 0) is 55.8 Å². The smallest absolute Gasteiger partial charge is 0.407 e. The number of ether oxygens (including phenoxy) is 1. The number of hydrogen-bond donors (Lipinski definition) is 2. The van der Waals surface area contributed by atoms with Crippen molar-refractivity contribution >= 4 is 11.8 Å². The molecule has 1 aromatic carbocycles. The molecule has 0 saturated carbocycles. The zero-order valence-corrected chi connectivity index (χ0v) is 13.8. The Bertz CT molecular complexity index is 648. The van der Waals surface area contributed by atoms with Crippen molar-refractivity contribution in [2.24, 2.45) is 0 Å². The van der Waals surface area contributed by atoms with Gasteiger partial charge in [0.25, 0.3) is 0 Å². The Morgan fingerprint density at radius 2 is 2.09 bits per heavy atom. The largest absolute Gasteiger partial charge is 0.444 e. The number of benzene rings is 1. The summed E-state index contributed by atoms with van der Waals surface area (Å²) < 4.78 is 6.78. The van der Waals surface area contributed by atoms with Crippen molar-refractivity contribution < 1.29 is 9.53 Å². The zero-order chi connectivity index (χ0) is 16.9. The van der Waals surface area contributed by atoms with Gasteiger partial charge in [-0.25, -0.2) is 9.48 Å². The highest BCUT2D eigenvalue weighted by atomic mass is 16.6. The fourth-order valence-electron chi connectivity index (χ4n) is 1.92. The lowest BCUT2D eigenvalue weighted by Gasteiger charge is -2.19. The molecule has 8 nitrogen and oxygen atoms in total. The van der Waals surface area contributed by atoms with Crippen LogP contribution in [0.1, 0.15) is 26.3 Å². The molecule has 0 spiro atoms. The van der Waals surface area contributed by atoms with E-state index in [0.717, 1.165) is 16.9 Å². The van der Waals surface area contributed by atoms with Crippen molar-refractivity contribution in [3.05, 3.63) is 30.1 Å². The van der Waals surface area contributed by atoms with Crippen molar-refractivity contribution in [3.63, 3.8) is 0 Å². The number of rotatable bonds is 5. The van der Waals surface area contributed by atoms with Crippen molar-refractivity contribution in [2.45, 2.75) is 33.3 Å². The van der Waals surface area contributed by atoms with E-state index in [1.807, 2.05) is 45.9 Å². The van der Waals surface area contributed by atoms with Crippen LogP contribution in [0.2, 0.25) is 0 Å². The number of aromatic nitrogens is 4. The number of nitrogens with one attached hydrogen (secondary N) is 2. The average molecular weight is 318 g/mol. The van der Waals surface area contributed by atoms with Gasteiger partial charge in [-0.3, -0.25) is 0 Å². The number of aryl methyl sites for hydroxylation is 1. The predicted octanol–water partition coefficient (Wildman–Crippen LogP) is 1.91. The molecule has 1 heterocycles. The minimum absolute atomic E-state index is 0.419. The van der Waals surface area contributed by atoms with Crippen LogP contribution in [0.15, 0.2) is 24.5 Å². The van der Waals surface area contributed by atoms with E-state index in [0.29, 0.717) is 13.1 Å². The van der Waals surface area contributed by atoms with E-state index in [1.165, 1.54) is 0 Å². The molecule has 2 aromatic rings. The first-order valence-electron chi connectivity index (χ1n) is 7.40. The van der Waals surface area contributed by atoms with E-state index >= 15 is 0 Å². The highest BCUT2D eigenvalue weighted by Crippen LogP contribution is 2.17. The van der Waals surface area contributed by atoms with Crippen LogP contribution in [0, 0.1) is 6.92 Å². The van der Waals surface area contributed by atoms with Crippen LogP contribution in [-0.2, 0) is 4.74 Å². The molecule has 1 amide bonds. The molecular weight excluding hydrogens is 296 g/mol. The van der Waals surface area contributed by atoms with Crippen molar-refractivity contribution in [1.29, 1.82) is 0 Å². The first-order chi connectivity index (χ1) is 10.8. The maximum absolute atomic E-state index is 11.5. The molecule has 23 heavy (non-hydrogen) atoms. The third kappa shape index (κ3) is 5.24. The van der Waals surface area contributed by atoms with E-state index in [-0.39, 0.29) is 0 Å². The van der Waals surface area contributed by atoms with Crippen molar-refractivity contribution in [3.8, 4) is 5.69 Å². The average Bonchev–Trinajstić information content (AvgIpc) is 2.97. The molecule has 0 radical (unpaired) electrons. The standard InChI is InChI=1S/C15H22N6O2/c1-11-5-6-12(9-13(11)21-10-18-19-20-21)16-7-8-17-14(22)23-15(2,3)4/h5-6,9-10,16H,7-8H2,1-4H3,(H,17,22). The summed E-state index contributed by atoms with van der Waals surface area (Å²) in [6, 6.07) is 5.91. The van der Waals surface area contributed by atoms with Crippen LogP contribution in [0.5, 0.6) is 0 Å². The van der Waals surface area contributed by atoms with E-state index in [2.05, 4.69) is 26.2 Å². The first kappa shape index (κ1) is 16.7. The third-order valence-corrected chi connectivity index (χ3v) is 2.93. The minimum Gasteiger partial charge on any atom is -0.444 e. The molecule has 0 saturated heterocycles. The van der Waals surface area contributed by atoms with Gasteiger partial charge in [-0.15, -0.1) is 5.10 Å². The molecule has 124 valence electrons. The summed E-state index contributed by atoms with van der Waals surface area (Å²) in [6.45, 7) is 8.53. The van der Waals surface area contributed by atoms with Gasteiger partial charge in [-0.1, -0.05) is 6.07 Å². The number of amides is 1. The van der Waals surface area contributed by atoms with E-state index in [1.54, 1.807) is 11.0 Å². The molecular formula is C15H22N6O2. The second-order valence-electron chi connectivity index (χ2n) is 6.11. The third-order valence-electron chi connectivity index (χ3n) is 2.93. The Morgan fingerprint density at radius 1 is 1.30 bits per heavy atom. The molecule has 0 unspecified atom stereocenters. The molecule has 1 aromatic heterocycles. The van der Waals surface area contributed by atoms with Crippen LogP contribution in [0.3, 0.4) is 0 Å². The van der Waals surface area contributed by atoms with Crippen LogP contribution in [0.4, 0.5) is 10.5 Å². The normalized spacial score (nSPS) is 11.1. The maximum atomic E-state index is 11.5. The molecule has 0 aliphatic heterocycles. The lowest BCUT2D eigenvalue weighted by atomic mass is 10.2. The number of carbonyl (C=O) groups excluding carboxylic acids is 1. The molecule has 0 atom stereocenters. The van der Waals surface area contributed by atoms with Crippen molar-refractivity contribution in [2.75, 3.05) is 18.4 Å². The number of nitrogens with zero attached hydrogens (tertiary/aromatic N) is 4. The van der Waals surface area contributed by atoms with Crippen LogP contribution in [0.25, 0.3) is 5.69 Å². The summed E-state index contributed by atoms with van der Waals surface area (Å²) in [5.74, 6) is 0. The molecule has 0 bridgehead atoms. The highest BCUT2D eigenvalue weighted by molar-refractivity contribution is 5.67. The fourth-order valence-corrected chi connectivity index (χ4v) is 1.92. The number of hydrogen-bond acceptors (Lipinski definition) is 6. The molecule has 2 rings (SSSR count). The number of anilines is 1. The second kappa shape index (κ2) is 7.08. The Kier molecular flexibility index (Phi) is 5.15. The first-order valence-corrected chi connectivity index (χ1v) is 7.40. The lowest BCUT2D eigenvalue weighted by Crippen LogP contribution is -2.35. The van der Waals surface area contributed by atoms with Crippen LogP contribution >= 0.6 is 0 Å². The maximum Gasteiger partial charge on any atom is 0.407 e. The SMILES string of the molecule is Cc1ccc(NCCNC(=O)OC(C)(C)C)cc1-n1cnnn1. The summed E-state index contributed by atoms with van der Waals surface area (Å²) in [4.78, 5) is 11.5. The van der Waals surface area contributed by atoms with Gasteiger partial charge >= 0.3 is 6.09 Å². The number of carbonyl (C=O) groups is 1. The van der Waals surface area contributed by atoms with Crippen molar-refractivity contribution in [1.82, 2.24) is 25.5 Å². The monoisotopic (exact) mass is 318 g/mol. The van der Waals surface area contributed by atoms with Gasteiger partial charge in [0.2, 0.25) is 0 Å².